The van der Waals surface area contributed by atoms with E-state index in [-0.39, 0.29) is 0 Å². The molecule has 0 unspecified atom stereocenters. The van der Waals surface area contributed by atoms with Gasteiger partial charge >= 0.3 is 0 Å². The lowest BCUT2D eigenvalue weighted by atomic mass is 10.1. The van der Waals surface area contributed by atoms with E-state index < -0.39 is 0 Å². The van der Waals surface area contributed by atoms with Crippen LogP contribution in [0.3, 0.4) is 0 Å². The molecule has 1 rings (SSSR count). The molecular formula is C14H17N3O. The number of benzene rings is 1. The second kappa shape index (κ2) is 7.32. The predicted octanol–water partition coefficient (Wildman–Crippen LogP) is 2.30. The van der Waals surface area contributed by atoms with Gasteiger partial charge in [0.05, 0.1) is 31.4 Å². The molecule has 0 spiro atoms. The Kier molecular flexibility index (Phi) is 5.70. The molecule has 0 heterocycles. The number of hydrogen-bond donors (Lipinski definition) is 0. The van der Waals surface area contributed by atoms with Gasteiger partial charge in [-0.25, -0.2) is 0 Å². The molecule has 4 heteroatoms. The monoisotopic (exact) mass is 243 g/mol. The van der Waals surface area contributed by atoms with Crippen LogP contribution in [0.1, 0.15) is 24.5 Å². The van der Waals surface area contributed by atoms with Gasteiger partial charge in [-0.1, -0.05) is 6.92 Å². The Morgan fingerprint density at radius 3 is 2.67 bits per heavy atom. The highest BCUT2D eigenvalue weighted by Gasteiger charge is 2.09. The van der Waals surface area contributed by atoms with Gasteiger partial charge < -0.3 is 4.74 Å². The molecule has 0 radical (unpaired) electrons. The number of methoxy groups -OCH3 is 1. The molecule has 0 aliphatic heterocycles. The SMILES string of the molecule is CCCN(CC#N)Cc1cc(C#N)ccc1OC. The lowest BCUT2D eigenvalue weighted by Gasteiger charge is -2.19. The minimum Gasteiger partial charge on any atom is -0.496 e. The molecule has 0 saturated heterocycles. The predicted molar refractivity (Wildman–Crippen MR) is 68.9 cm³/mol. The Morgan fingerprint density at radius 1 is 1.33 bits per heavy atom. The molecule has 0 atom stereocenters. The summed E-state index contributed by atoms with van der Waals surface area (Å²) in [6.07, 6.45) is 0.988. The first kappa shape index (κ1) is 14.0. The van der Waals surface area contributed by atoms with Gasteiger partial charge in [-0.05, 0) is 31.2 Å². The number of rotatable bonds is 6. The minimum absolute atomic E-state index is 0.383. The Morgan fingerprint density at radius 2 is 2.11 bits per heavy atom. The maximum Gasteiger partial charge on any atom is 0.123 e. The van der Waals surface area contributed by atoms with Crippen molar-refractivity contribution in [3.8, 4) is 17.9 Å². The molecule has 4 nitrogen and oxygen atoms in total. The highest BCUT2D eigenvalue weighted by atomic mass is 16.5. The molecule has 0 fully saturated rings. The zero-order valence-electron chi connectivity index (χ0n) is 10.8. The van der Waals surface area contributed by atoms with E-state index in [9.17, 15) is 0 Å². The maximum atomic E-state index is 8.91. The molecule has 18 heavy (non-hydrogen) atoms. The van der Waals surface area contributed by atoms with Crippen molar-refractivity contribution in [1.29, 1.82) is 10.5 Å². The van der Waals surface area contributed by atoms with Crippen molar-refractivity contribution in [2.45, 2.75) is 19.9 Å². The third-order valence-electron chi connectivity index (χ3n) is 2.64. The van der Waals surface area contributed by atoms with Gasteiger partial charge in [0.15, 0.2) is 0 Å². The zero-order valence-corrected chi connectivity index (χ0v) is 10.8. The number of ether oxygens (including phenoxy) is 1. The Bertz CT molecular complexity index is 471. The van der Waals surface area contributed by atoms with Gasteiger partial charge in [-0.2, -0.15) is 10.5 Å². The van der Waals surface area contributed by atoms with Gasteiger partial charge in [0.2, 0.25) is 0 Å². The number of nitrogens with zero attached hydrogens (tertiary/aromatic N) is 3. The molecule has 1 aromatic rings. The van der Waals surface area contributed by atoms with Crippen LogP contribution in [0.4, 0.5) is 0 Å². The summed E-state index contributed by atoms with van der Waals surface area (Å²) in [5.41, 5.74) is 1.56. The molecule has 0 aliphatic rings. The Labute approximate surface area is 108 Å². The van der Waals surface area contributed by atoms with Crippen molar-refractivity contribution in [1.82, 2.24) is 4.90 Å². The third kappa shape index (κ3) is 3.76. The van der Waals surface area contributed by atoms with Crippen LogP contribution in [-0.2, 0) is 6.54 Å². The summed E-state index contributed by atoms with van der Waals surface area (Å²) in [6, 6.07) is 9.62. The van der Waals surface area contributed by atoms with Crippen LogP contribution in [0.15, 0.2) is 18.2 Å². The molecule has 1 aromatic carbocycles. The normalized spacial score (nSPS) is 9.83. The highest BCUT2D eigenvalue weighted by molar-refractivity contribution is 5.42. The third-order valence-corrected chi connectivity index (χ3v) is 2.64. The molecule has 0 aliphatic carbocycles. The van der Waals surface area contributed by atoms with Gasteiger partial charge in [0.25, 0.3) is 0 Å². The van der Waals surface area contributed by atoms with Crippen molar-refractivity contribution < 1.29 is 4.74 Å². The maximum absolute atomic E-state index is 8.91. The quantitative estimate of drug-likeness (QED) is 0.719. The van der Waals surface area contributed by atoms with Crippen LogP contribution < -0.4 is 4.74 Å². The number of nitriles is 2. The van der Waals surface area contributed by atoms with Crippen molar-refractivity contribution in [2.24, 2.45) is 0 Å². The van der Waals surface area contributed by atoms with Gasteiger partial charge in [-0.3, -0.25) is 4.90 Å². The average Bonchev–Trinajstić information content (AvgIpc) is 2.39. The van der Waals surface area contributed by atoms with Crippen LogP contribution in [0.5, 0.6) is 5.75 Å². The summed E-state index contributed by atoms with van der Waals surface area (Å²) in [5, 5.41) is 17.7. The zero-order chi connectivity index (χ0) is 13.4. The van der Waals surface area contributed by atoms with E-state index >= 15 is 0 Å². The van der Waals surface area contributed by atoms with E-state index in [0.717, 1.165) is 24.3 Å². The smallest absolute Gasteiger partial charge is 0.123 e. The first-order valence-electron chi connectivity index (χ1n) is 5.91. The lowest BCUT2D eigenvalue weighted by molar-refractivity contribution is 0.291. The molecule has 0 bridgehead atoms. The highest BCUT2D eigenvalue weighted by Crippen LogP contribution is 2.21. The van der Waals surface area contributed by atoms with Gasteiger partial charge in [0.1, 0.15) is 5.75 Å². The minimum atomic E-state index is 0.383. The summed E-state index contributed by atoms with van der Waals surface area (Å²) in [6.45, 7) is 3.94. The topological polar surface area (TPSA) is 60.0 Å². The van der Waals surface area contributed by atoms with Gasteiger partial charge in [0, 0.05) is 12.1 Å². The van der Waals surface area contributed by atoms with E-state index in [1.165, 1.54) is 0 Å². The second-order valence-electron chi connectivity index (χ2n) is 4.01. The summed E-state index contributed by atoms with van der Waals surface area (Å²) in [7, 11) is 1.61. The average molecular weight is 243 g/mol. The summed E-state index contributed by atoms with van der Waals surface area (Å²) in [5.74, 6) is 0.757. The number of hydrogen-bond acceptors (Lipinski definition) is 4. The molecular weight excluding hydrogens is 226 g/mol. The summed E-state index contributed by atoms with van der Waals surface area (Å²) < 4.78 is 5.28. The fourth-order valence-electron chi connectivity index (χ4n) is 1.84. The second-order valence-corrected chi connectivity index (χ2v) is 4.01. The summed E-state index contributed by atoms with van der Waals surface area (Å²) in [4.78, 5) is 2.04. The van der Waals surface area contributed by atoms with Crippen LogP contribution in [-0.4, -0.2) is 25.1 Å². The Hall–Kier alpha value is -2.04. The molecule has 0 N–H and O–H groups in total. The molecule has 0 aromatic heterocycles. The van der Waals surface area contributed by atoms with Gasteiger partial charge in [-0.15, -0.1) is 0 Å². The first-order valence-corrected chi connectivity index (χ1v) is 5.91. The van der Waals surface area contributed by atoms with E-state index in [0.29, 0.717) is 18.7 Å². The van der Waals surface area contributed by atoms with E-state index in [1.807, 2.05) is 11.0 Å². The molecule has 0 saturated carbocycles. The fraction of sp³-hybridized carbons (Fsp3) is 0.429. The van der Waals surface area contributed by atoms with E-state index in [4.69, 9.17) is 15.3 Å². The van der Waals surface area contributed by atoms with Crippen molar-refractivity contribution >= 4 is 0 Å². The molecule has 0 amide bonds. The largest absolute Gasteiger partial charge is 0.496 e. The first-order chi connectivity index (χ1) is 8.74. The van der Waals surface area contributed by atoms with Crippen molar-refractivity contribution in [2.75, 3.05) is 20.2 Å². The fourth-order valence-corrected chi connectivity index (χ4v) is 1.84. The van der Waals surface area contributed by atoms with E-state index in [2.05, 4.69) is 19.1 Å². The van der Waals surface area contributed by atoms with Crippen molar-refractivity contribution in [3.63, 3.8) is 0 Å². The van der Waals surface area contributed by atoms with Crippen molar-refractivity contribution in [3.05, 3.63) is 29.3 Å². The van der Waals surface area contributed by atoms with Crippen LogP contribution in [0.25, 0.3) is 0 Å². The Balaban J connectivity index is 2.93. The lowest BCUT2D eigenvalue weighted by Crippen LogP contribution is -2.24. The standard InChI is InChI=1S/C14H17N3O/c1-3-7-17(8-6-15)11-13-9-12(10-16)4-5-14(13)18-2/h4-5,9H,3,7-8,11H2,1-2H3. The van der Waals surface area contributed by atoms with E-state index in [1.54, 1.807) is 19.2 Å². The summed E-state index contributed by atoms with van der Waals surface area (Å²) >= 11 is 0. The van der Waals surface area contributed by atoms with Crippen LogP contribution >= 0.6 is 0 Å². The van der Waals surface area contributed by atoms with Crippen LogP contribution in [0, 0.1) is 22.7 Å². The molecule has 94 valence electrons. The van der Waals surface area contributed by atoms with Crippen LogP contribution in [0.2, 0.25) is 0 Å².